The molecule has 0 aromatic carbocycles. The Hall–Kier alpha value is -1.38. The lowest BCUT2D eigenvalue weighted by Crippen LogP contribution is -2.44. The zero-order chi connectivity index (χ0) is 15.6. The van der Waals surface area contributed by atoms with Crippen LogP contribution in [0.2, 0.25) is 0 Å². The quantitative estimate of drug-likeness (QED) is 0.723. The molecule has 3 N–H and O–H groups in total. The molecule has 1 aromatic heterocycles. The number of nitrogens with one attached hydrogen (secondary N) is 1. The van der Waals surface area contributed by atoms with Crippen molar-refractivity contribution in [1.29, 1.82) is 0 Å². The predicted molar refractivity (Wildman–Crippen MR) is 70.9 cm³/mol. The number of aromatic carboxylic acids is 1. The van der Waals surface area contributed by atoms with Crippen LogP contribution >= 0.6 is 0 Å². The van der Waals surface area contributed by atoms with Gasteiger partial charge in [-0.15, -0.1) is 0 Å². The molecule has 0 fully saturated rings. The van der Waals surface area contributed by atoms with E-state index in [4.69, 9.17) is 14.6 Å². The van der Waals surface area contributed by atoms with Crippen LogP contribution in [0.3, 0.4) is 0 Å². The Morgan fingerprint density at radius 3 is 2.40 bits per heavy atom. The van der Waals surface area contributed by atoms with Gasteiger partial charge in [0.2, 0.25) is 10.9 Å². The van der Waals surface area contributed by atoms with Gasteiger partial charge >= 0.3 is 5.97 Å². The van der Waals surface area contributed by atoms with Crippen LogP contribution in [0.25, 0.3) is 0 Å². The lowest BCUT2D eigenvalue weighted by molar-refractivity contribution is 0.0656. The Bertz CT molecular complexity index is 569. The van der Waals surface area contributed by atoms with Gasteiger partial charge in [0.1, 0.15) is 0 Å². The summed E-state index contributed by atoms with van der Waals surface area (Å²) in [5.41, 5.74) is -0.405. The second kappa shape index (κ2) is 5.94. The van der Waals surface area contributed by atoms with Gasteiger partial charge in [-0.05, 0) is 24.0 Å². The molecule has 1 unspecified atom stereocenters. The molecule has 0 aliphatic rings. The maximum absolute atomic E-state index is 12.1. The molecule has 1 rings (SSSR count). The van der Waals surface area contributed by atoms with E-state index in [1.807, 2.05) is 20.8 Å². The van der Waals surface area contributed by atoms with Gasteiger partial charge in [-0.25, -0.2) is 17.9 Å². The first kappa shape index (κ1) is 16.7. The molecule has 0 saturated heterocycles. The first-order chi connectivity index (χ1) is 9.08. The molecule has 1 heterocycles. The topological polar surface area (TPSA) is 117 Å². The van der Waals surface area contributed by atoms with Crippen LogP contribution in [0.4, 0.5) is 0 Å². The Morgan fingerprint density at radius 2 is 2.00 bits per heavy atom. The number of carbonyl (C=O) groups is 1. The molecule has 0 amide bonds. The van der Waals surface area contributed by atoms with Crippen LogP contribution < -0.4 is 4.72 Å². The van der Waals surface area contributed by atoms with Gasteiger partial charge < -0.3 is 14.6 Å². The van der Waals surface area contributed by atoms with Crippen molar-refractivity contribution in [2.45, 2.75) is 38.3 Å². The van der Waals surface area contributed by atoms with Crippen LogP contribution in [0.5, 0.6) is 0 Å². The minimum absolute atomic E-state index is 0.164. The molecule has 0 aliphatic carbocycles. The summed E-state index contributed by atoms with van der Waals surface area (Å²) < 4.78 is 31.5. The number of sulfonamides is 1. The zero-order valence-corrected chi connectivity index (χ0v) is 12.4. The number of aliphatic hydroxyl groups excluding tert-OH is 1. The van der Waals surface area contributed by atoms with Gasteiger partial charge in [-0.2, -0.15) is 0 Å². The molecular formula is C12H19NO6S. The van der Waals surface area contributed by atoms with Crippen LogP contribution in [0.15, 0.2) is 21.6 Å². The lowest BCUT2D eigenvalue weighted by Gasteiger charge is -2.30. The maximum Gasteiger partial charge on any atom is 0.371 e. The van der Waals surface area contributed by atoms with E-state index in [1.54, 1.807) is 0 Å². The monoisotopic (exact) mass is 305 g/mol. The van der Waals surface area contributed by atoms with E-state index in [0.717, 1.165) is 12.1 Å². The lowest BCUT2D eigenvalue weighted by atomic mass is 9.86. The van der Waals surface area contributed by atoms with Gasteiger partial charge in [-0.3, -0.25) is 0 Å². The summed E-state index contributed by atoms with van der Waals surface area (Å²) in [6.45, 7) is 5.34. The van der Waals surface area contributed by atoms with Crippen molar-refractivity contribution in [2.75, 3.05) is 6.61 Å². The predicted octanol–water partition coefficient (Wildman–Crippen LogP) is 1.05. The normalized spacial score (nSPS) is 14.2. The van der Waals surface area contributed by atoms with Crippen LogP contribution in [0, 0.1) is 5.41 Å². The fraction of sp³-hybridized carbons (Fsp3) is 0.583. The Morgan fingerprint density at radius 1 is 1.40 bits per heavy atom. The molecule has 7 nitrogen and oxygen atoms in total. The van der Waals surface area contributed by atoms with Crippen molar-refractivity contribution in [1.82, 2.24) is 4.72 Å². The number of rotatable bonds is 6. The van der Waals surface area contributed by atoms with Crippen molar-refractivity contribution in [3.63, 3.8) is 0 Å². The average molecular weight is 305 g/mol. The SMILES string of the molecule is CC(C)(C)C(CCO)NS(=O)(=O)c1ccc(C(=O)O)o1. The van der Waals surface area contributed by atoms with Crippen LogP contribution in [-0.2, 0) is 10.0 Å². The highest BCUT2D eigenvalue weighted by Gasteiger charge is 2.31. The highest BCUT2D eigenvalue weighted by molar-refractivity contribution is 7.89. The van der Waals surface area contributed by atoms with E-state index in [0.29, 0.717) is 0 Å². The third-order valence-corrected chi connectivity index (χ3v) is 4.16. The van der Waals surface area contributed by atoms with Crippen molar-refractivity contribution < 1.29 is 27.8 Å². The molecule has 0 saturated carbocycles. The van der Waals surface area contributed by atoms with Crippen LogP contribution in [-0.4, -0.2) is 37.2 Å². The van der Waals surface area contributed by atoms with E-state index in [2.05, 4.69) is 4.72 Å². The standard InChI is InChI=1S/C12H19NO6S/c1-12(2,3)9(6-7-14)13-20(17,18)10-5-4-8(19-10)11(15)16/h4-5,9,13-14H,6-7H2,1-3H3,(H,15,16). The molecule has 0 radical (unpaired) electrons. The first-order valence-electron chi connectivity index (χ1n) is 6.04. The third-order valence-electron chi connectivity index (χ3n) is 2.82. The van der Waals surface area contributed by atoms with Gasteiger partial charge in [0.15, 0.2) is 0 Å². The second-order valence-corrected chi connectivity index (χ2v) is 7.12. The van der Waals surface area contributed by atoms with Crippen molar-refractivity contribution in [2.24, 2.45) is 5.41 Å². The zero-order valence-electron chi connectivity index (χ0n) is 11.6. The third kappa shape index (κ3) is 4.06. The van der Waals surface area contributed by atoms with E-state index in [1.165, 1.54) is 0 Å². The van der Waals surface area contributed by atoms with E-state index >= 15 is 0 Å². The minimum Gasteiger partial charge on any atom is -0.475 e. The number of carboxylic acids is 1. The molecular weight excluding hydrogens is 286 g/mol. The van der Waals surface area contributed by atoms with Crippen molar-refractivity contribution >= 4 is 16.0 Å². The number of hydrogen-bond donors (Lipinski definition) is 3. The Balaban J connectivity index is 3.00. The van der Waals surface area contributed by atoms with Gasteiger partial charge in [0.05, 0.1) is 0 Å². The summed E-state index contributed by atoms with van der Waals surface area (Å²) in [7, 11) is -3.97. The molecule has 20 heavy (non-hydrogen) atoms. The highest BCUT2D eigenvalue weighted by atomic mass is 32.2. The fourth-order valence-electron chi connectivity index (χ4n) is 1.62. The van der Waals surface area contributed by atoms with E-state index < -0.39 is 38.3 Å². The minimum atomic E-state index is -3.97. The summed E-state index contributed by atoms with van der Waals surface area (Å²) in [5.74, 6) is -1.78. The first-order valence-corrected chi connectivity index (χ1v) is 7.52. The summed E-state index contributed by atoms with van der Waals surface area (Å²) in [5, 5.41) is 17.3. The summed E-state index contributed by atoms with van der Waals surface area (Å²) in [6, 6.07) is 1.66. The van der Waals surface area contributed by atoms with Gasteiger partial charge in [-0.1, -0.05) is 20.8 Å². The average Bonchev–Trinajstić information content (AvgIpc) is 2.76. The Labute approximate surface area is 117 Å². The van der Waals surface area contributed by atoms with Gasteiger partial charge in [0, 0.05) is 12.6 Å². The van der Waals surface area contributed by atoms with Crippen LogP contribution in [0.1, 0.15) is 37.7 Å². The van der Waals surface area contributed by atoms with Gasteiger partial charge in [0.25, 0.3) is 10.0 Å². The molecule has 1 aromatic rings. The van der Waals surface area contributed by atoms with Crippen molar-refractivity contribution in [3.05, 3.63) is 17.9 Å². The number of aliphatic hydroxyl groups is 1. The maximum atomic E-state index is 12.1. The number of carboxylic acid groups (broad SMARTS) is 1. The molecule has 0 bridgehead atoms. The molecule has 0 spiro atoms. The molecule has 0 aliphatic heterocycles. The second-order valence-electron chi connectivity index (χ2n) is 5.48. The summed E-state index contributed by atoms with van der Waals surface area (Å²) >= 11 is 0. The molecule has 1 atom stereocenters. The summed E-state index contributed by atoms with van der Waals surface area (Å²) in [4.78, 5) is 10.7. The highest BCUT2D eigenvalue weighted by Crippen LogP contribution is 2.24. The summed E-state index contributed by atoms with van der Waals surface area (Å²) in [6.07, 6.45) is 0.245. The number of hydrogen-bond acceptors (Lipinski definition) is 5. The molecule has 8 heteroatoms. The molecule has 114 valence electrons. The number of furan rings is 1. The smallest absolute Gasteiger partial charge is 0.371 e. The largest absolute Gasteiger partial charge is 0.475 e. The Kier molecular flexibility index (Phi) is 4.95. The fourth-order valence-corrected chi connectivity index (χ4v) is 3.03. The van der Waals surface area contributed by atoms with Crippen molar-refractivity contribution in [3.8, 4) is 0 Å². The van der Waals surface area contributed by atoms with E-state index in [-0.39, 0.29) is 13.0 Å². The van der Waals surface area contributed by atoms with E-state index in [9.17, 15) is 13.2 Å².